The van der Waals surface area contributed by atoms with Crippen LogP contribution in [0.1, 0.15) is 15.9 Å². The lowest BCUT2D eigenvalue weighted by Crippen LogP contribution is -2.14. The van der Waals surface area contributed by atoms with Crippen molar-refractivity contribution in [2.75, 3.05) is 5.32 Å². The molecule has 1 amide bonds. The van der Waals surface area contributed by atoms with Crippen LogP contribution in [0.25, 0.3) is 0 Å². The summed E-state index contributed by atoms with van der Waals surface area (Å²) in [4.78, 5) is 11.7. The molecule has 0 atom stereocenters. The fourth-order valence-electron chi connectivity index (χ4n) is 1.21. The Kier molecular flexibility index (Phi) is 2.91. The van der Waals surface area contributed by atoms with Crippen molar-refractivity contribution in [1.29, 1.82) is 0 Å². The molecule has 0 radical (unpaired) electrons. The molecule has 6 heteroatoms. The maximum absolute atomic E-state index is 13.6. The number of hydrogen-bond acceptors (Lipinski definition) is 4. The first-order valence-electron chi connectivity index (χ1n) is 4.51. The smallest absolute Gasteiger partial charge is 0.260 e. The first-order valence-corrected chi connectivity index (χ1v) is 5.39. The molecule has 0 bridgehead atoms. The Balaban J connectivity index is 2.24. The van der Waals surface area contributed by atoms with Crippen LogP contribution in [0.3, 0.4) is 0 Å². The van der Waals surface area contributed by atoms with E-state index in [1.165, 1.54) is 22.9 Å². The van der Waals surface area contributed by atoms with Gasteiger partial charge in [-0.05, 0) is 18.6 Å². The molecule has 0 saturated heterocycles. The minimum Gasteiger partial charge on any atom is -0.296 e. The van der Waals surface area contributed by atoms with Gasteiger partial charge in [0.2, 0.25) is 5.13 Å². The molecule has 0 fully saturated rings. The number of rotatable bonds is 2. The second-order valence-corrected chi connectivity index (χ2v) is 3.97. The summed E-state index contributed by atoms with van der Waals surface area (Å²) in [6, 6.07) is 4.67. The Hall–Kier alpha value is -1.82. The Bertz CT molecular complexity index is 513. The van der Waals surface area contributed by atoms with Gasteiger partial charge in [-0.2, -0.15) is 0 Å². The third-order valence-electron chi connectivity index (χ3n) is 2.02. The molecule has 0 unspecified atom stereocenters. The standard InChI is InChI=1S/C10H8FN3OS/c1-6-3-2-4-7(8(6)11)9(15)13-10-14-12-5-16-10/h2-5H,1H3,(H,13,14,15). The molecule has 0 aliphatic rings. The number of aryl methyl sites for hydroxylation is 1. The van der Waals surface area contributed by atoms with Crippen molar-refractivity contribution in [2.45, 2.75) is 6.92 Å². The van der Waals surface area contributed by atoms with E-state index in [1.807, 2.05) is 0 Å². The Labute approximate surface area is 95.1 Å². The van der Waals surface area contributed by atoms with Crippen molar-refractivity contribution in [3.05, 3.63) is 40.7 Å². The second-order valence-electron chi connectivity index (χ2n) is 3.13. The molecule has 0 aliphatic carbocycles. The number of carbonyl (C=O) groups excluding carboxylic acids is 1. The minimum absolute atomic E-state index is 0.00944. The van der Waals surface area contributed by atoms with E-state index in [-0.39, 0.29) is 5.56 Å². The van der Waals surface area contributed by atoms with Crippen molar-refractivity contribution in [1.82, 2.24) is 10.2 Å². The zero-order valence-electron chi connectivity index (χ0n) is 8.40. The molecule has 1 N–H and O–H groups in total. The van der Waals surface area contributed by atoms with Crippen LogP contribution >= 0.6 is 11.3 Å². The maximum atomic E-state index is 13.6. The fourth-order valence-corrected chi connectivity index (χ4v) is 1.65. The van der Waals surface area contributed by atoms with Crippen molar-refractivity contribution in [2.24, 2.45) is 0 Å². The van der Waals surface area contributed by atoms with Crippen LogP contribution in [-0.4, -0.2) is 16.1 Å². The number of benzene rings is 1. The van der Waals surface area contributed by atoms with Crippen molar-refractivity contribution in [3.63, 3.8) is 0 Å². The van der Waals surface area contributed by atoms with E-state index >= 15 is 0 Å². The summed E-state index contributed by atoms with van der Waals surface area (Å²) >= 11 is 1.18. The van der Waals surface area contributed by atoms with Gasteiger partial charge in [0, 0.05) is 0 Å². The Morgan fingerprint density at radius 2 is 2.31 bits per heavy atom. The maximum Gasteiger partial charge on any atom is 0.260 e. The number of hydrogen-bond donors (Lipinski definition) is 1. The van der Waals surface area contributed by atoms with E-state index in [2.05, 4.69) is 15.5 Å². The van der Waals surface area contributed by atoms with E-state index in [0.29, 0.717) is 10.7 Å². The molecular weight excluding hydrogens is 229 g/mol. The van der Waals surface area contributed by atoms with Gasteiger partial charge in [-0.25, -0.2) is 4.39 Å². The van der Waals surface area contributed by atoms with Crippen LogP contribution in [-0.2, 0) is 0 Å². The number of nitrogens with zero attached hydrogens (tertiary/aromatic N) is 2. The van der Waals surface area contributed by atoms with E-state index < -0.39 is 11.7 Å². The second kappa shape index (κ2) is 4.36. The number of carbonyl (C=O) groups is 1. The zero-order valence-corrected chi connectivity index (χ0v) is 9.21. The van der Waals surface area contributed by atoms with Crippen molar-refractivity contribution >= 4 is 22.4 Å². The molecule has 1 heterocycles. The number of anilines is 1. The normalized spacial score (nSPS) is 10.1. The number of amides is 1. The molecule has 1 aromatic carbocycles. The summed E-state index contributed by atoms with van der Waals surface area (Å²) in [6.07, 6.45) is 0. The molecule has 82 valence electrons. The van der Waals surface area contributed by atoms with Crippen LogP contribution in [0.4, 0.5) is 9.52 Å². The Morgan fingerprint density at radius 3 is 3.00 bits per heavy atom. The third kappa shape index (κ3) is 2.06. The highest BCUT2D eigenvalue weighted by Gasteiger charge is 2.14. The third-order valence-corrected chi connectivity index (χ3v) is 2.62. The first-order chi connectivity index (χ1) is 7.68. The summed E-state index contributed by atoms with van der Waals surface area (Å²) in [6.45, 7) is 1.61. The molecular formula is C10H8FN3OS. The summed E-state index contributed by atoms with van der Waals surface area (Å²) in [7, 11) is 0. The largest absolute Gasteiger partial charge is 0.296 e. The van der Waals surface area contributed by atoms with Gasteiger partial charge in [0.15, 0.2) is 0 Å². The highest BCUT2D eigenvalue weighted by atomic mass is 32.1. The molecule has 0 aliphatic heterocycles. The van der Waals surface area contributed by atoms with Gasteiger partial charge in [-0.15, -0.1) is 10.2 Å². The number of halogens is 1. The summed E-state index contributed by atoms with van der Waals surface area (Å²) in [5.74, 6) is -1.03. The molecule has 4 nitrogen and oxygen atoms in total. The van der Waals surface area contributed by atoms with Crippen molar-refractivity contribution < 1.29 is 9.18 Å². The van der Waals surface area contributed by atoms with Crippen LogP contribution in [0, 0.1) is 12.7 Å². The lowest BCUT2D eigenvalue weighted by atomic mass is 10.1. The molecule has 0 spiro atoms. The minimum atomic E-state index is -0.516. The molecule has 2 rings (SSSR count). The van der Waals surface area contributed by atoms with E-state index in [4.69, 9.17) is 0 Å². The van der Waals surface area contributed by atoms with Gasteiger partial charge in [0.1, 0.15) is 11.3 Å². The summed E-state index contributed by atoms with van der Waals surface area (Å²) < 4.78 is 13.6. The topological polar surface area (TPSA) is 54.9 Å². The van der Waals surface area contributed by atoms with Crippen LogP contribution in [0.2, 0.25) is 0 Å². The van der Waals surface area contributed by atoms with E-state index in [1.54, 1.807) is 19.1 Å². The molecule has 1 aromatic heterocycles. The summed E-state index contributed by atoms with van der Waals surface area (Å²) in [5.41, 5.74) is 1.93. The quantitative estimate of drug-likeness (QED) is 0.871. The SMILES string of the molecule is Cc1cccc(C(=O)Nc2nncs2)c1F. The lowest BCUT2D eigenvalue weighted by molar-refractivity contribution is 0.102. The fraction of sp³-hybridized carbons (Fsp3) is 0.100. The van der Waals surface area contributed by atoms with Gasteiger partial charge >= 0.3 is 0 Å². The average Bonchev–Trinajstić information content (AvgIpc) is 2.74. The van der Waals surface area contributed by atoms with Gasteiger partial charge in [-0.1, -0.05) is 23.5 Å². The van der Waals surface area contributed by atoms with Crippen LogP contribution < -0.4 is 5.32 Å². The zero-order chi connectivity index (χ0) is 11.5. The summed E-state index contributed by atoms with van der Waals surface area (Å²) in [5, 5.41) is 10.0. The number of nitrogens with one attached hydrogen (secondary N) is 1. The number of aromatic nitrogens is 2. The van der Waals surface area contributed by atoms with Crippen LogP contribution in [0.5, 0.6) is 0 Å². The highest BCUT2D eigenvalue weighted by molar-refractivity contribution is 7.13. The predicted molar refractivity (Wildman–Crippen MR) is 59.0 cm³/mol. The van der Waals surface area contributed by atoms with E-state index in [9.17, 15) is 9.18 Å². The molecule has 0 saturated carbocycles. The van der Waals surface area contributed by atoms with Gasteiger partial charge < -0.3 is 0 Å². The van der Waals surface area contributed by atoms with E-state index in [0.717, 1.165) is 0 Å². The Morgan fingerprint density at radius 1 is 1.50 bits per heavy atom. The van der Waals surface area contributed by atoms with Crippen molar-refractivity contribution in [3.8, 4) is 0 Å². The first kappa shape index (κ1) is 10.7. The predicted octanol–water partition coefficient (Wildman–Crippen LogP) is 2.24. The monoisotopic (exact) mass is 237 g/mol. The average molecular weight is 237 g/mol. The van der Waals surface area contributed by atoms with Gasteiger partial charge in [-0.3, -0.25) is 10.1 Å². The van der Waals surface area contributed by atoms with Gasteiger partial charge in [0.05, 0.1) is 5.56 Å². The van der Waals surface area contributed by atoms with Gasteiger partial charge in [0.25, 0.3) is 5.91 Å². The molecule has 16 heavy (non-hydrogen) atoms. The molecule has 2 aromatic rings. The highest BCUT2D eigenvalue weighted by Crippen LogP contribution is 2.15. The van der Waals surface area contributed by atoms with Crippen LogP contribution in [0.15, 0.2) is 23.7 Å². The lowest BCUT2D eigenvalue weighted by Gasteiger charge is -2.04.